The molecule has 0 saturated heterocycles. The summed E-state index contributed by atoms with van der Waals surface area (Å²) in [7, 11) is 1.31. The number of benzene rings is 2. The van der Waals surface area contributed by atoms with Gasteiger partial charge in [0.1, 0.15) is 11.3 Å². The highest BCUT2D eigenvalue weighted by atomic mass is 16.5. The van der Waals surface area contributed by atoms with Crippen LogP contribution in [-0.4, -0.2) is 33.4 Å². The maximum atomic E-state index is 12.0. The molecule has 5 rings (SSSR count). The number of phenols is 1. The molecule has 140 valence electrons. The third-order valence-corrected chi connectivity index (χ3v) is 5.57. The second-order valence-electron chi connectivity index (χ2n) is 7.14. The zero-order valence-electron chi connectivity index (χ0n) is 15.5. The lowest BCUT2D eigenvalue weighted by Crippen LogP contribution is -2.08. The van der Waals surface area contributed by atoms with E-state index in [2.05, 4.69) is 10.2 Å². The predicted octanol–water partition coefficient (Wildman–Crippen LogP) is 4.15. The normalized spacial score (nSPS) is 13.6. The van der Waals surface area contributed by atoms with Crippen molar-refractivity contribution in [1.29, 1.82) is 0 Å². The van der Waals surface area contributed by atoms with Crippen LogP contribution in [0, 0.1) is 0 Å². The molecule has 0 aliphatic heterocycles. The number of pyridine rings is 1. The van der Waals surface area contributed by atoms with Crippen LogP contribution in [0.1, 0.15) is 34.3 Å². The number of carbonyl (C=O) groups is 1. The molecule has 6 heteroatoms. The Hall–Kier alpha value is -3.41. The number of hydrogen-bond acceptors (Lipinski definition) is 5. The van der Waals surface area contributed by atoms with Gasteiger partial charge < -0.3 is 9.84 Å². The minimum Gasteiger partial charge on any atom is -0.507 e. The monoisotopic (exact) mass is 373 g/mol. The van der Waals surface area contributed by atoms with Gasteiger partial charge in [-0.05, 0) is 67.1 Å². The second-order valence-corrected chi connectivity index (χ2v) is 7.14. The Labute approximate surface area is 161 Å². The van der Waals surface area contributed by atoms with Gasteiger partial charge in [0.2, 0.25) is 0 Å². The van der Waals surface area contributed by atoms with Crippen molar-refractivity contribution in [1.82, 2.24) is 15.2 Å². The van der Waals surface area contributed by atoms with Crippen LogP contribution in [0.2, 0.25) is 0 Å². The van der Waals surface area contributed by atoms with E-state index in [-0.39, 0.29) is 11.3 Å². The third kappa shape index (κ3) is 2.45. The summed E-state index contributed by atoms with van der Waals surface area (Å²) in [6.07, 6.45) is 6.05. The summed E-state index contributed by atoms with van der Waals surface area (Å²) < 4.78 is 4.80. The summed E-state index contributed by atoms with van der Waals surface area (Å²) in [5.41, 5.74) is 6.28. The molecule has 0 amide bonds. The van der Waals surface area contributed by atoms with Gasteiger partial charge >= 0.3 is 5.97 Å². The Morgan fingerprint density at radius 1 is 1.14 bits per heavy atom. The number of esters is 1. The van der Waals surface area contributed by atoms with Gasteiger partial charge in [-0.15, -0.1) is 0 Å². The number of ether oxygens (including phenoxy) is 1. The molecule has 0 unspecified atom stereocenters. The van der Waals surface area contributed by atoms with Crippen LogP contribution in [0.15, 0.2) is 36.5 Å². The highest BCUT2D eigenvalue weighted by molar-refractivity contribution is 6.07. The average molecular weight is 373 g/mol. The summed E-state index contributed by atoms with van der Waals surface area (Å²) >= 11 is 0. The topological polar surface area (TPSA) is 88.1 Å². The molecule has 2 aromatic heterocycles. The van der Waals surface area contributed by atoms with E-state index in [1.54, 1.807) is 12.1 Å². The van der Waals surface area contributed by atoms with Crippen molar-refractivity contribution in [2.45, 2.75) is 25.7 Å². The molecule has 28 heavy (non-hydrogen) atoms. The lowest BCUT2D eigenvalue weighted by atomic mass is 9.85. The van der Waals surface area contributed by atoms with Crippen LogP contribution in [0.3, 0.4) is 0 Å². The molecule has 6 nitrogen and oxygen atoms in total. The van der Waals surface area contributed by atoms with Gasteiger partial charge in [-0.3, -0.25) is 5.10 Å². The predicted molar refractivity (Wildman–Crippen MR) is 106 cm³/mol. The Morgan fingerprint density at radius 2 is 1.96 bits per heavy atom. The van der Waals surface area contributed by atoms with Crippen molar-refractivity contribution in [2.24, 2.45) is 0 Å². The van der Waals surface area contributed by atoms with E-state index in [0.29, 0.717) is 0 Å². The third-order valence-electron chi connectivity index (χ3n) is 5.57. The van der Waals surface area contributed by atoms with Crippen molar-refractivity contribution in [3.8, 4) is 17.0 Å². The van der Waals surface area contributed by atoms with E-state index >= 15 is 0 Å². The smallest absolute Gasteiger partial charge is 0.341 e. The molecule has 2 N–H and O–H groups in total. The number of nitrogens with one attached hydrogen (secondary N) is 1. The Kier molecular flexibility index (Phi) is 3.79. The fraction of sp³-hybridized carbons (Fsp3) is 0.227. The van der Waals surface area contributed by atoms with E-state index in [1.165, 1.54) is 24.3 Å². The van der Waals surface area contributed by atoms with Gasteiger partial charge in [-0.25, -0.2) is 9.78 Å². The van der Waals surface area contributed by atoms with E-state index in [0.717, 1.165) is 58.7 Å². The van der Waals surface area contributed by atoms with Gasteiger partial charge in [-0.2, -0.15) is 5.10 Å². The Morgan fingerprint density at radius 3 is 2.79 bits per heavy atom. The lowest BCUT2D eigenvalue weighted by molar-refractivity contribution is 0.0597. The number of rotatable bonds is 2. The van der Waals surface area contributed by atoms with Crippen molar-refractivity contribution in [3.63, 3.8) is 0 Å². The van der Waals surface area contributed by atoms with Crippen molar-refractivity contribution >= 4 is 27.8 Å². The van der Waals surface area contributed by atoms with Crippen LogP contribution in [0.5, 0.6) is 5.75 Å². The fourth-order valence-electron chi connectivity index (χ4n) is 4.24. The van der Waals surface area contributed by atoms with E-state index in [1.807, 2.05) is 18.3 Å². The van der Waals surface area contributed by atoms with Crippen molar-refractivity contribution in [3.05, 3.63) is 53.2 Å². The molecule has 0 bridgehead atoms. The molecule has 0 spiro atoms. The number of H-pyrrole nitrogens is 1. The Bertz CT molecular complexity index is 1240. The summed E-state index contributed by atoms with van der Waals surface area (Å²) in [6.45, 7) is 0. The molecule has 0 saturated carbocycles. The molecule has 1 aliphatic rings. The van der Waals surface area contributed by atoms with Crippen molar-refractivity contribution in [2.75, 3.05) is 7.11 Å². The molecular weight excluding hydrogens is 354 g/mol. The highest BCUT2D eigenvalue weighted by Gasteiger charge is 2.22. The van der Waals surface area contributed by atoms with Crippen LogP contribution in [-0.2, 0) is 17.6 Å². The quantitative estimate of drug-likeness (QED) is 0.515. The maximum Gasteiger partial charge on any atom is 0.341 e. The molecule has 2 aromatic carbocycles. The number of aromatic nitrogens is 3. The van der Waals surface area contributed by atoms with Crippen LogP contribution >= 0.6 is 0 Å². The summed E-state index contributed by atoms with van der Waals surface area (Å²) in [6, 6.07) is 9.01. The van der Waals surface area contributed by atoms with Gasteiger partial charge in [-0.1, -0.05) is 0 Å². The zero-order valence-corrected chi connectivity index (χ0v) is 15.5. The number of phenolic OH excluding ortho intramolecular Hbond substituents is 1. The number of aryl methyl sites for hydroxylation is 1. The zero-order chi connectivity index (χ0) is 19.3. The minimum atomic E-state index is -0.561. The fourth-order valence-corrected chi connectivity index (χ4v) is 4.24. The van der Waals surface area contributed by atoms with Crippen LogP contribution in [0.25, 0.3) is 33.1 Å². The molecule has 0 fully saturated rings. The molecular formula is C22H19N3O3. The molecule has 2 heterocycles. The number of carbonyl (C=O) groups excluding carboxylic acids is 1. The SMILES string of the molecule is COC(=O)c1cc(-c2nc3ccc4[nH]ncc4c3c3c2CCCC3)ccc1O. The van der Waals surface area contributed by atoms with Crippen LogP contribution < -0.4 is 0 Å². The average Bonchev–Trinajstić information content (AvgIpc) is 3.21. The largest absolute Gasteiger partial charge is 0.507 e. The first-order valence-electron chi connectivity index (χ1n) is 9.36. The number of aromatic amines is 1. The van der Waals surface area contributed by atoms with Gasteiger partial charge in [0, 0.05) is 16.3 Å². The standard InChI is InChI=1S/C22H19N3O3/c1-28-22(27)15-10-12(6-9-19(15)26)21-14-5-3-2-4-13(14)20-16-11-23-25-17(16)7-8-18(20)24-21/h6-11,26H,2-5H2,1H3,(H,23,25). The van der Waals surface area contributed by atoms with E-state index in [4.69, 9.17) is 9.72 Å². The summed E-state index contributed by atoms with van der Waals surface area (Å²) in [4.78, 5) is 17.0. The number of nitrogens with zero attached hydrogens (tertiary/aromatic N) is 2. The number of fused-ring (bicyclic) bond motifs is 5. The number of methoxy groups -OCH3 is 1. The van der Waals surface area contributed by atoms with Gasteiger partial charge in [0.05, 0.1) is 30.0 Å². The molecule has 4 aromatic rings. The first-order valence-corrected chi connectivity index (χ1v) is 9.36. The first kappa shape index (κ1) is 16.7. The van der Waals surface area contributed by atoms with Gasteiger partial charge in [0.15, 0.2) is 0 Å². The molecule has 0 atom stereocenters. The second kappa shape index (κ2) is 6.34. The number of hydrogen-bond donors (Lipinski definition) is 2. The summed E-state index contributed by atoms with van der Waals surface area (Å²) in [5, 5.41) is 19.6. The maximum absolute atomic E-state index is 12.0. The van der Waals surface area contributed by atoms with Crippen LogP contribution in [0.4, 0.5) is 0 Å². The van der Waals surface area contributed by atoms with Gasteiger partial charge in [0.25, 0.3) is 0 Å². The Balaban J connectivity index is 1.81. The number of aromatic hydroxyl groups is 1. The van der Waals surface area contributed by atoms with E-state index < -0.39 is 5.97 Å². The van der Waals surface area contributed by atoms with E-state index in [9.17, 15) is 9.90 Å². The lowest BCUT2D eigenvalue weighted by Gasteiger charge is -2.22. The molecule has 1 aliphatic carbocycles. The first-order chi connectivity index (χ1) is 13.7. The minimum absolute atomic E-state index is 0.0923. The summed E-state index contributed by atoms with van der Waals surface area (Å²) in [5.74, 6) is -0.653. The van der Waals surface area contributed by atoms with Crippen molar-refractivity contribution < 1.29 is 14.6 Å². The molecule has 0 radical (unpaired) electrons. The highest BCUT2D eigenvalue weighted by Crippen LogP contribution is 2.38.